The lowest BCUT2D eigenvalue weighted by Crippen LogP contribution is -2.37. The van der Waals surface area contributed by atoms with Crippen LogP contribution in [0.15, 0.2) is 0 Å². The molecule has 1 unspecified atom stereocenters. The van der Waals surface area contributed by atoms with Crippen LogP contribution in [0.5, 0.6) is 0 Å². The summed E-state index contributed by atoms with van der Waals surface area (Å²) in [5.74, 6) is 1.18. The highest BCUT2D eigenvalue weighted by atomic mass is 16.5. The summed E-state index contributed by atoms with van der Waals surface area (Å²) in [7, 11) is 1.64. The van der Waals surface area contributed by atoms with E-state index in [2.05, 4.69) is 31.4 Å². The lowest BCUT2D eigenvalue weighted by molar-refractivity contribution is -0.120. The zero-order valence-electron chi connectivity index (χ0n) is 10.3. The van der Waals surface area contributed by atoms with E-state index < -0.39 is 0 Å². The first kappa shape index (κ1) is 14.4. The van der Waals surface area contributed by atoms with Crippen LogP contribution in [-0.2, 0) is 9.53 Å². The Morgan fingerprint density at radius 2 is 2.00 bits per heavy atom. The molecule has 0 aliphatic carbocycles. The Kier molecular flexibility index (Phi) is 8.33. The van der Waals surface area contributed by atoms with Gasteiger partial charge in [-0.1, -0.05) is 20.8 Å². The van der Waals surface area contributed by atoms with Crippen LogP contribution in [-0.4, -0.2) is 39.3 Å². The minimum absolute atomic E-state index is 0.0543. The molecule has 0 aliphatic heterocycles. The Hall–Kier alpha value is -0.610. The molecule has 0 rings (SSSR count). The van der Waals surface area contributed by atoms with Crippen molar-refractivity contribution in [1.82, 2.24) is 10.6 Å². The quantitative estimate of drug-likeness (QED) is 0.585. The van der Waals surface area contributed by atoms with Gasteiger partial charge in [-0.05, 0) is 11.8 Å². The third kappa shape index (κ3) is 8.39. The number of nitrogens with one attached hydrogen (secondary N) is 2. The molecular formula is C11H24N2O2. The Labute approximate surface area is 92.8 Å². The first-order chi connectivity index (χ1) is 7.07. The zero-order valence-corrected chi connectivity index (χ0v) is 10.3. The van der Waals surface area contributed by atoms with Crippen molar-refractivity contribution < 1.29 is 9.53 Å². The molecule has 1 atom stereocenters. The second kappa shape index (κ2) is 8.68. The Morgan fingerprint density at radius 3 is 2.53 bits per heavy atom. The Morgan fingerprint density at radius 1 is 1.33 bits per heavy atom. The van der Waals surface area contributed by atoms with E-state index in [4.69, 9.17) is 4.74 Å². The molecule has 0 radical (unpaired) electrons. The molecule has 0 aromatic carbocycles. The van der Waals surface area contributed by atoms with Crippen LogP contribution >= 0.6 is 0 Å². The Balaban J connectivity index is 3.41. The first-order valence-electron chi connectivity index (χ1n) is 5.54. The van der Waals surface area contributed by atoms with Crippen LogP contribution in [0.1, 0.15) is 20.8 Å². The molecule has 1 amide bonds. The van der Waals surface area contributed by atoms with Crippen molar-refractivity contribution in [1.29, 1.82) is 0 Å². The standard InChI is InChI=1S/C11H24N2O2/c1-9(2)10(3)7-13-11(14)8-12-5-6-15-4/h9-10,12H,5-8H2,1-4H3,(H,13,14). The van der Waals surface area contributed by atoms with Crippen LogP contribution in [0.3, 0.4) is 0 Å². The molecule has 15 heavy (non-hydrogen) atoms. The van der Waals surface area contributed by atoms with E-state index in [1.807, 2.05) is 0 Å². The maximum atomic E-state index is 11.3. The second-order valence-corrected chi connectivity index (χ2v) is 4.19. The summed E-state index contributed by atoms with van der Waals surface area (Å²) in [5, 5.41) is 5.90. The zero-order chi connectivity index (χ0) is 11.7. The molecule has 90 valence electrons. The van der Waals surface area contributed by atoms with Crippen molar-refractivity contribution >= 4 is 5.91 Å². The van der Waals surface area contributed by atoms with E-state index in [-0.39, 0.29) is 5.91 Å². The normalized spacial score (nSPS) is 12.9. The average Bonchev–Trinajstić information content (AvgIpc) is 2.20. The number of ether oxygens (including phenoxy) is 1. The van der Waals surface area contributed by atoms with Crippen LogP contribution in [0.25, 0.3) is 0 Å². The number of amides is 1. The van der Waals surface area contributed by atoms with Gasteiger partial charge in [-0.15, -0.1) is 0 Å². The summed E-state index contributed by atoms with van der Waals surface area (Å²) in [6.07, 6.45) is 0. The molecule has 4 nitrogen and oxygen atoms in total. The Bertz CT molecular complexity index is 172. The minimum Gasteiger partial charge on any atom is -0.383 e. The van der Waals surface area contributed by atoms with E-state index >= 15 is 0 Å². The van der Waals surface area contributed by atoms with Gasteiger partial charge in [-0.2, -0.15) is 0 Å². The fourth-order valence-electron chi connectivity index (χ4n) is 0.949. The second-order valence-electron chi connectivity index (χ2n) is 4.19. The summed E-state index contributed by atoms with van der Waals surface area (Å²) in [5.41, 5.74) is 0. The van der Waals surface area contributed by atoms with Crippen molar-refractivity contribution in [2.24, 2.45) is 11.8 Å². The molecule has 0 aliphatic rings. The molecule has 0 saturated heterocycles. The van der Waals surface area contributed by atoms with E-state index in [0.717, 1.165) is 6.54 Å². The van der Waals surface area contributed by atoms with Crippen LogP contribution in [0, 0.1) is 11.8 Å². The van der Waals surface area contributed by atoms with E-state index in [9.17, 15) is 4.79 Å². The smallest absolute Gasteiger partial charge is 0.233 e. The number of rotatable bonds is 8. The molecule has 2 N–H and O–H groups in total. The molecular weight excluding hydrogens is 192 g/mol. The fraction of sp³-hybridized carbons (Fsp3) is 0.909. The van der Waals surface area contributed by atoms with Gasteiger partial charge in [0.15, 0.2) is 0 Å². The number of hydrogen-bond acceptors (Lipinski definition) is 3. The van der Waals surface area contributed by atoms with E-state index in [0.29, 0.717) is 31.5 Å². The van der Waals surface area contributed by atoms with Gasteiger partial charge < -0.3 is 15.4 Å². The van der Waals surface area contributed by atoms with Gasteiger partial charge in [-0.25, -0.2) is 0 Å². The van der Waals surface area contributed by atoms with Crippen molar-refractivity contribution in [3.8, 4) is 0 Å². The molecule has 0 bridgehead atoms. The molecule has 0 saturated carbocycles. The highest BCUT2D eigenvalue weighted by Crippen LogP contribution is 2.07. The van der Waals surface area contributed by atoms with Gasteiger partial charge in [0.2, 0.25) is 5.91 Å². The summed E-state index contributed by atoms with van der Waals surface area (Å²) >= 11 is 0. The predicted octanol–water partition coefficient (Wildman–Crippen LogP) is 0.631. The summed E-state index contributed by atoms with van der Waals surface area (Å²) in [4.78, 5) is 11.3. The summed E-state index contributed by atoms with van der Waals surface area (Å²) in [6.45, 7) is 8.93. The third-order valence-corrected chi connectivity index (χ3v) is 2.53. The lowest BCUT2D eigenvalue weighted by Gasteiger charge is -2.16. The molecule has 0 aromatic rings. The van der Waals surface area contributed by atoms with E-state index in [1.54, 1.807) is 7.11 Å². The monoisotopic (exact) mass is 216 g/mol. The number of carbonyl (C=O) groups excluding carboxylic acids is 1. The number of hydrogen-bond donors (Lipinski definition) is 2. The van der Waals surface area contributed by atoms with Crippen LogP contribution in [0.4, 0.5) is 0 Å². The molecule has 0 fully saturated rings. The molecule has 0 aromatic heterocycles. The van der Waals surface area contributed by atoms with Crippen molar-refractivity contribution in [2.75, 3.05) is 33.4 Å². The van der Waals surface area contributed by atoms with Gasteiger partial charge in [0, 0.05) is 20.2 Å². The topological polar surface area (TPSA) is 50.4 Å². The molecule has 0 spiro atoms. The minimum atomic E-state index is 0.0543. The van der Waals surface area contributed by atoms with Crippen LogP contribution in [0.2, 0.25) is 0 Å². The highest BCUT2D eigenvalue weighted by Gasteiger charge is 2.08. The van der Waals surface area contributed by atoms with Crippen molar-refractivity contribution in [3.63, 3.8) is 0 Å². The SMILES string of the molecule is COCCNCC(=O)NCC(C)C(C)C. The fourth-order valence-corrected chi connectivity index (χ4v) is 0.949. The van der Waals surface area contributed by atoms with Gasteiger partial charge >= 0.3 is 0 Å². The van der Waals surface area contributed by atoms with Gasteiger partial charge in [0.25, 0.3) is 0 Å². The molecule has 0 heterocycles. The first-order valence-corrected chi connectivity index (χ1v) is 5.54. The van der Waals surface area contributed by atoms with Crippen LogP contribution < -0.4 is 10.6 Å². The van der Waals surface area contributed by atoms with Gasteiger partial charge in [0.05, 0.1) is 13.2 Å². The number of methoxy groups -OCH3 is 1. The van der Waals surface area contributed by atoms with E-state index in [1.165, 1.54) is 0 Å². The third-order valence-electron chi connectivity index (χ3n) is 2.53. The van der Waals surface area contributed by atoms with Crippen molar-refractivity contribution in [2.45, 2.75) is 20.8 Å². The predicted molar refractivity (Wildman–Crippen MR) is 61.8 cm³/mol. The maximum Gasteiger partial charge on any atom is 0.233 e. The largest absolute Gasteiger partial charge is 0.383 e. The molecule has 4 heteroatoms. The van der Waals surface area contributed by atoms with Gasteiger partial charge in [0.1, 0.15) is 0 Å². The van der Waals surface area contributed by atoms with Crippen molar-refractivity contribution in [3.05, 3.63) is 0 Å². The average molecular weight is 216 g/mol. The maximum absolute atomic E-state index is 11.3. The summed E-state index contributed by atoms with van der Waals surface area (Å²) in [6, 6.07) is 0. The van der Waals surface area contributed by atoms with Gasteiger partial charge in [-0.3, -0.25) is 4.79 Å². The number of carbonyl (C=O) groups is 1. The highest BCUT2D eigenvalue weighted by molar-refractivity contribution is 5.77. The lowest BCUT2D eigenvalue weighted by atomic mass is 9.98. The summed E-state index contributed by atoms with van der Waals surface area (Å²) < 4.78 is 4.86.